The summed E-state index contributed by atoms with van der Waals surface area (Å²) in [5, 5.41) is 16.6. The fraction of sp³-hybridized carbons (Fsp3) is 0.125. The van der Waals surface area contributed by atoms with Gasteiger partial charge in [0.1, 0.15) is 5.75 Å². The number of nitrogens with zero attached hydrogens (tertiary/aromatic N) is 2. The van der Waals surface area contributed by atoms with Gasteiger partial charge in [-0.25, -0.2) is 0 Å². The molecule has 1 N–H and O–H groups in total. The van der Waals surface area contributed by atoms with Crippen LogP contribution >= 0.6 is 0 Å². The van der Waals surface area contributed by atoms with E-state index in [-0.39, 0.29) is 11.4 Å². The minimum absolute atomic E-state index is 0.116. The van der Waals surface area contributed by atoms with Crippen LogP contribution in [0.3, 0.4) is 0 Å². The van der Waals surface area contributed by atoms with Gasteiger partial charge in [0.2, 0.25) is 0 Å². The molecule has 8 nitrogen and oxygen atoms in total. The molecule has 142 valence electrons. The van der Waals surface area contributed by atoms with E-state index in [0.717, 1.165) is 12.1 Å². The molecule has 2 aromatic carbocycles. The van der Waals surface area contributed by atoms with E-state index in [0.29, 0.717) is 5.56 Å². The number of alkyl halides is 3. The summed E-state index contributed by atoms with van der Waals surface area (Å²) in [5.74, 6) is -1.02. The average molecular weight is 383 g/mol. The first-order valence-corrected chi connectivity index (χ1v) is 7.28. The van der Waals surface area contributed by atoms with E-state index in [1.807, 2.05) is 0 Å². The quantitative estimate of drug-likeness (QED) is 0.448. The molecular formula is C16H12F3N3O5. The van der Waals surface area contributed by atoms with Crippen molar-refractivity contribution < 1.29 is 32.5 Å². The monoisotopic (exact) mass is 383 g/mol. The number of hydrogen-bond acceptors (Lipinski definition) is 6. The van der Waals surface area contributed by atoms with Crippen molar-refractivity contribution in [2.75, 3.05) is 11.9 Å². The van der Waals surface area contributed by atoms with Gasteiger partial charge in [0.25, 0.3) is 11.6 Å². The highest BCUT2D eigenvalue weighted by Crippen LogP contribution is 2.23. The number of rotatable bonds is 7. The summed E-state index contributed by atoms with van der Waals surface area (Å²) >= 11 is 0. The van der Waals surface area contributed by atoms with E-state index in [9.17, 15) is 28.1 Å². The number of ether oxygens (including phenoxy) is 1. The number of anilines is 1. The first-order valence-electron chi connectivity index (χ1n) is 7.28. The van der Waals surface area contributed by atoms with Crippen LogP contribution in [0.1, 0.15) is 5.56 Å². The van der Waals surface area contributed by atoms with Crippen LogP contribution in [-0.4, -0.2) is 30.0 Å². The molecule has 0 atom stereocenters. The van der Waals surface area contributed by atoms with Gasteiger partial charge < -0.3 is 14.9 Å². The number of nitro groups is 1. The van der Waals surface area contributed by atoms with Crippen molar-refractivity contribution in [1.29, 1.82) is 0 Å². The van der Waals surface area contributed by atoms with Gasteiger partial charge in [0.15, 0.2) is 6.61 Å². The summed E-state index contributed by atoms with van der Waals surface area (Å²) in [6.45, 7) is -0.466. The van der Waals surface area contributed by atoms with Gasteiger partial charge in [0, 0.05) is 23.4 Å². The minimum atomic E-state index is -4.80. The highest BCUT2D eigenvalue weighted by molar-refractivity contribution is 5.91. The summed E-state index contributed by atoms with van der Waals surface area (Å²) < 4.78 is 39.9. The Morgan fingerprint density at radius 2 is 1.93 bits per heavy atom. The molecule has 0 fully saturated rings. The van der Waals surface area contributed by atoms with E-state index >= 15 is 0 Å². The third kappa shape index (κ3) is 7.02. The van der Waals surface area contributed by atoms with Crippen LogP contribution < -0.4 is 10.1 Å². The number of benzene rings is 2. The number of carbonyl (C=O) groups is 1. The van der Waals surface area contributed by atoms with Crippen molar-refractivity contribution in [2.24, 2.45) is 5.16 Å². The van der Waals surface area contributed by atoms with Crippen molar-refractivity contribution >= 4 is 23.5 Å². The number of carbonyl (C=O) groups excluding carboxylic acids is 1. The lowest BCUT2D eigenvalue weighted by atomic mass is 10.2. The van der Waals surface area contributed by atoms with Crippen LogP contribution in [-0.2, 0) is 9.63 Å². The molecule has 27 heavy (non-hydrogen) atoms. The zero-order valence-corrected chi connectivity index (χ0v) is 13.5. The van der Waals surface area contributed by atoms with Crippen LogP contribution in [0.5, 0.6) is 5.75 Å². The molecule has 0 aliphatic carbocycles. The third-order valence-corrected chi connectivity index (χ3v) is 2.92. The second kappa shape index (κ2) is 8.65. The molecule has 0 unspecified atom stereocenters. The lowest BCUT2D eigenvalue weighted by Crippen LogP contribution is -2.18. The molecule has 11 heteroatoms. The lowest BCUT2D eigenvalue weighted by molar-refractivity contribution is -0.384. The maximum absolute atomic E-state index is 12.1. The molecule has 0 aromatic heterocycles. The summed E-state index contributed by atoms with van der Waals surface area (Å²) in [6, 6.07) is 10.2. The van der Waals surface area contributed by atoms with Gasteiger partial charge in [-0.1, -0.05) is 17.3 Å². The number of hydrogen-bond donors (Lipinski definition) is 1. The zero-order valence-electron chi connectivity index (χ0n) is 13.5. The summed E-state index contributed by atoms with van der Waals surface area (Å²) in [7, 11) is 0. The highest BCUT2D eigenvalue weighted by Gasteiger charge is 2.30. The second-order valence-electron chi connectivity index (χ2n) is 4.98. The maximum atomic E-state index is 12.1. The van der Waals surface area contributed by atoms with Crippen LogP contribution in [0.4, 0.5) is 24.5 Å². The van der Waals surface area contributed by atoms with Crippen LogP contribution in [0.25, 0.3) is 0 Å². The Balaban J connectivity index is 1.81. The molecule has 0 aliphatic rings. The van der Waals surface area contributed by atoms with Gasteiger partial charge in [-0.15, -0.1) is 13.2 Å². The fourth-order valence-corrected chi connectivity index (χ4v) is 1.85. The summed E-state index contributed by atoms with van der Waals surface area (Å²) in [6.07, 6.45) is -3.60. The molecule has 0 heterocycles. The topological polar surface area (TPSA) is 103 Å². The first kappa shape index (κ1) is 19.7. The predicted molar refractivity (Wildman–Crippen MR) is 88.4 cm³/mol. The van der Waals surface area contributed by atoms with E-state index < -0.39 is 29.5 Å². The van der Waals surface area contributed by atoms with E-state index in [1.54, 1.807) is 6.07 Å². The predicted octanol–water partition coefficient (Wildman–Crippen LogP) is 3.48. The number of non-ortho nitro benzene ring substituents is 1. The summed E-state index contributed by atoms with van der Waals surface area (Å²) in [4.78, 5) is 26.5. The Morgan fingerprint density at radius 3 is 2.56 bits per heavy atom. The smallest absolute Gasteiger partial charge is 0.406 e. The molecular weight excluding hydrogens is 371 g/mol. The van der Waals surface area contributed by atoms with Crippen molar-refractivity contribution in [3.05, 3.63) is 64.2 Å². The minimum Gasteiger partial charge on any atom is -0.406 e. The highest BCUT2D eigenvalue weighted by atomic mass is 19.4. The van der Waals surface area contributed by atoms with E-state index in [2.05, 4.69) is 15.2 Å². The van der Waals surface area contributed by atoms with Crippen molar-refractivity contribution in [2.45, 2.75) is 6.36 Å². The van der Waals surface area contributed by atoms with Gasteiger partial charge in [0.05, 0.1) is 11.1 Å². The van der Waals surface area contributed by atoms with E-state index in [4.69, 9.17) is 4.84 Å². The number of oxime groups is 1. The Bertz CT molecular complexity index is 838. The fourth-order valence-electron chi connectivity index (χ4n) is 1.85. The van der Waals surface area contributed by atoms with Crippen molar-refractivity contribution in [3.8, 4) is 5.75 Å². The van der Waals surface area contributed by atoms with E-state index in [1.165, 1.54) is 36.5 Å². The average Bonchev–Trinajstić information content (AvgIpc) is 2.59. The molecule has 0 spiro atoms. The SMILES string of the molecule is O=C(CO/N=C\c1cccc([N+](=O)[O-])c1)Nc1ccc(OC(F)(F)F)cc1. The zero-order chi connectivity index (χ0) is 19.9. The number of amides is 1. The second-order valence-corrected chi connectivity index (χ2v) is 4.98. The van der Waals surface area contributed by atoms with Gasteiger partial charge in [-0.05, 0) is 24.3 Å². The van der Waals surface area contributed by atoms with Gasteiger partial charge in [-0.3, -0.25) is 14.9 Å². The van der Waals surface area contributed by atoms with Gasteiger partial charge in [-0.2, -0.15) is 0 Å². The Morgan fingerprint density at radius 1 is 1.22 bits per heavy atom. The molecule has 0 saturated carbocycles. The van der Waals surface area contributed by atoms with Crippen molar-refractivity contribution in [1.82, 2.24) is 0 Å². The molecule has 0 saturated heterocycles. The van der Waals surface area contributed by atoms with Crippen molar-refractivity contribution in [3.63, 3.8) is 0 Å². The van der Waals surface area contributed by atoms with Crippen LogP contribution in [0, 0.1) is 10.1 Å². The molecule has 0 radical (unpaired) electrons. The Labute approximate surface area is 150 Å². The molecule has 0 bridgehead atoms. The Hall–Kier alpha value is -3.63. The molecule has 2 aromatic rings. The standard InChI is InChI=1S/C16H12F3N3O5/c17-16(18,19)27-14-6-4-12(5-7-14)21-15(23)10-26-20-9-11-2-1-3-13(8-11)22(24)25/h1-9H,10H2,(H,21,23)/b20-9-. The third-order valence-electron chi connectivity index (χ3n) is 2.92. The summed E-state index contributed by atoms with van der Waals surface area (Å²) in [5.41, 5.74) is 0.528. The maximum Gasteiger partial charge on any atom is 0.573 e. The Kier molecular flexibility index (Phi) is 6.31. The molecule has 0 aliphatic heterocycles. The first-order chi connectivity index (χ1) is 12.7. The largest absolute Gasteiger partial charge is 0.573 e. The number of nitrogens with one attached hydrogen (secondary N) is 1. The lowest BCUT2D eigenvalue weighted by Gasteiger charge is -2.09. The van der Waals surface area contributed by atoms with Crippen LogP contribution in [0.2, 0.25) is 0 Å². The van der Waals surface area contributed by atoms with Crippen LogP contribution in [0.15, 0.2) is 53.7 Å². The normalized spacial score (nSPS) is 11.2. The van der Waals surface area contributed by atoms with Gasteiger partial charge >= 0.3 is 6.36 Å². The number of nitro benzene ring substituents is 1. The molecule has 2 rings (SSSR count). The molecule has 1 amide bonds. The number of halogens is 3.